The molecule has 4 rings (SSSR count). The van der Waals surface area contributed by atoms with Gasteiger partial charge in [-0.05, 0) is 43.3 Å². The maximum atomic E-state index is 10.8. The molecule has 0 bridgehead atoms. The Morgan fingerprint density at radius 1 is 1.07 bits per heavy atom. The molecule has 2 aromatic carbocycles. The summed E-state index contributed by atoms with van der Waals surface area (Å²) >= 11 is 1.55. The maximum absolute atomic E-state index is 10.8. The third-order valence-corrected chi connectivity index (χ3v) is 5.77. The van der Waals surface area contributed by atoms with Crippen molar-refractivity contribution in [3.8, 4) is 0 Å². The van der Waals surface area contributed by atoms with Gasteiger partial charge in [-0.3, -0.25) is 4.79 Å². The molecule has 0 amide bonds. The van der Waals surface area contributed by atoms with Crippen molar-refractivity contribution in [3.63, 3.8) is 0 Å². The van der Waals surface area contributed by atoms with Crippen molar-refractivity contribution >= 4 is 35.4 Å². The van der Waals surface area contributed by atoms with E-state index in [4.69, 9.17) is 4.74 Å². The number of morpholine rings is 1. The highest BCUT2D eigenvalue weighted by molar-refractivity contribution is 7.99. The Bertz CT molecular complexity index is 971. The maximum Gasteiger partial charge on any atom is 0.228 e. The van der Waals surface area contributed by atoms with Gasteiger partial charge in [0, 0.05) is 46.7 Å². The number of nitrogens with one attached hydrogen (secondary N) is 1. The Hall–Kier alpha value is -2.90. The van der Waals surface area contributed by atoms with Crippen LogP contribution in [0.3, 0.4) is 0 Å². The van der Waals surface area contributed by atoms with Crippen LogP contribution in [0, 0.1) is 6.92 Å². The first kappa shape index (κ1) is 19.4. The van der Waals surface area contributed by atoms with Crippen LogP contribution in [0.25, 0.3) is 0 Å². The molecular formula is C22H22N4O2S. The quantitative estimate of drug-likeness (QED) is 0.483. The van der Waals surface area contributed by atoms with Crippen LogP contribution in [-0.2, 0) is 4.74 Å². The fraction of sp³-hybridized carbons (Fsp3) is 0.227. The second-order valence-corrected chi connectivity index (χ2v) is 7.80. The molecular weight excluding hydrogens is 384 g/mol. The lowest BCUT2D eigenvalue weighted by Gasteiger charge is -2.28. The highest BCUT2D eigenvalue weighted by Crippen LogP contribution is 2.29. The summed E-state index contributed by atoms with van der Waals surface area (Å²) in [6.45, 7) is 5.37. The first-order valence-corrected chi connectivity index (χ1v) is 10.3. The van der Waals surface area contributed by atoms with Crippen LogP contribution in [0.1, 0.15) is 15.9 Å². The SMILES string of the molecule is Cc1cnc(Nc2ccc(N3CCOCC3)cc2)nc1Sc1ccc(C=O)cc1. The van der Waals surface area contributed by atoms with Gasteiger partial charge in [0.05, 0.1) is 13.2 Å². The Morgan fingerprint density at radius 2 is 1.79 bits per heavy atom. The lowest BCUT2D eigenvalue weighted by atomic mass is 10.2. The molecule has 7 heteroatoms. The normalized spacial score (nSPS) is 13.9. The van der Waals surface area contributed by atoms with Gasteiger partial charge < -0.3 is 15.0 Å². The van der Waals surface area contributed by atoms with Gasteiger partial charge in [-0.25, -0.2) is 9.97 Å². The Balaban J connectivity index is 1.46. The summed E-state index contributed by atoms with van der Waals surface area (Å²) in [6.07, 6.45) is 2.66. The molecule has 0 saturated carbocycles. The molecule has 3 aromatic rings. The molecule has 1 aliphatic heterocycles. The van der Waals surface area contributed by atoms with Gasteiger partial charge in [-0.2, -0.15) is 0 Å². The molecule has 0 aliphatic carbocycles. The van der Waals surface area contributed by atoms with E-state index in [9.17, 15) is 4.79 Å². The molecule has 29 heavy (non-hydrogen) atoms. The van der Waals surface area contributed by atoms with E-state index in [-0.39, 0.29) is 0 Å². The fourth-order valence-corrected chi connectivity index (χ4v) is 3.86. The van der Waals surface area contributed by atoms with Gasteiger partial charge in [-0.15, -0.1) is 0 Å². The summed E-state index contributed by atoms with van der Waals surface area (Å²) in [7, 11) is 0. The summed E-state index contributed by atoms with van der Waals surface area (Å²) in [5.74, 6) is 0.557. The first-order valence-electron chi connectivity index (χ1n) is 9.48. The Morgan fingerprint density at radius 3 is 2.48 bits per heavy atom. The number of benzene rings is 2. The van der Waals surface area contributed by atoms with Gasteiger partial charge in [0.15, 0.2) is 0 Å². The number of anilines is 3. The van der Waals surface area contributed by atoms with E-state index in [1.807, 2.05) is 37.4 Å². The van der Waals surface area contributed by atoms with Crippen molar-refractivity contribution in [1.29, 1.82) is 0 Å². The van der Waals surface area contributed by atoms with Crippen molar-refractivity contribution in [2.45, 2.75) is 16.8 Å². The molecule has 148 valence electrons. The minimum Gasteiger partial charge on any atom is -0.378 e. The molecule has 1 fully saturated rings. The zero-order valence-electron chi connectivity index (χ0n) is 16.2. The molecule has 1 aromatic heterocycles. The minimum absolute atomic E-state index is 0.557. The van der Waals surface area contributed by atoms with Gasteiger partial charge >= 0.3 is 0 Å². The highest BCUT2D eigenvalue weighted by Gasteiger charge is 2.11. The van der Waals surface area contributed by atoms with Crippen LogP contribution in [-0.4, -0.2) is 42.6 Å². The number of nitrogens with zero attached hydrogens (tertiary/aromatic N) is 3. The zero-order valence-corrected chi connectivity index (χ0v) is 17.0. The van der Waals surface area contributed by atoms with Crippen LogP contribution >= 0.6 is 11.8 Å². The Kier molecular flexibility index (Phi) is 6.07. The number of ether oxygens (including phenoxy) is 1. The van der Waals surface area contributed by atoms with Crippen LogP contribution in [0.2, 0.25) is 0 Å². The standard InChI is InChI=1S/C22H22N4O2S/c1-16-14-23-22(25-21(16)29-20-8-2-17(15-27)3-9-20)24-18-4-6-19(7-5-18)26-10-12-28-13-11-26/h2-9,14-15H,10-13H2,1H3,(H,23,24,25). The zero-order chi connectivity index (χ0) is 20.1. The first-order chi connectivity index (χ1) is 14.2. The van der Waals surface area contributed by atoms with Crippen LogP contribution in [0.15, 0.2) is 64.6 Å². The number of aryl methyl sites for hydroxylation is 1. The van der Waals surface area contributed by atoms with E-state index >= 15 is 0 Å². The van der Waals surface area contributed by atoms with Crippen molar-refractivity contribution in [2.24, 2.45) is 0 Å². The van der Waals surface area contributed by atoms with E-state index in [2.05, 4.69) is 32.3 Å². The molecule has 0 spiro atoms. The molecule has 0 atom stereocenters. The number of carbonyl (C=O) groups excluding carboxylic acids is 1. The van der Waals surface area contributed by atoms with Gasteiger partial charge in [0.25, 0.3) is 0 Å². The number of hydrogen-bond donors (Lipinski definition) is 1. The molecule has 1 N–H and O–H groups in total. The number of aldehydes is 1. The topological polar surface area (TPSA) is 67.3 Å². The fourth-order valence-electron chi connectivity index (χ4n) is 3.02. The summed E-state index contributed by atoms with van der Waals surface area (Å²) in [5.41, 5.74) is 3.80. The third kappa shape index (κ3) is 4.93. The van der Waals surface area contributed by atoms with Crippen molar-refractivity contribution in [2.75, 3.05) is 36.5 Å². The second kappa shape index (κ2) is 9.07. The number of aromatic nitrogens is 2. The molecule has 0 radical (unpaired) electrons. The lowest BCUT2D eigenvalue weighted by Crippen LogP contribution is -2.36. The van der Waals surface area contributed by atoms with Crippen molar-refractivity contribution in [3.05, 3.63) is 65.9 Å². The average Bonchev–Trinajstić information content (AvgIpc) is 2.78. The number of hydrogen-bond acceptors (Lipinski definition) is 7. The third-order valence-electron chi connectivity index (χ3n) is 4.66. The Labute approximate surface area is 174 Å². The average molecular weight is 407 g/mol. The predicted octanol–water partition coefficient (Wildman–Crippen LogP) is 4.33. The van der Waals surface area contributed by atoms with E-state index in [0.717, 1.165) is 53.8 Å². The lowest BCUT2D eigenvalue weighted by molar-refractivity contribution is 0.112. The van der Waals surface area contributed by atoms with E-state index in [0.29, 0.717) is 11.5 Å². The van der Waals surface area contributed by atoms with E-state index in [1.54, 1.807) is 23.9 Å². The largest absolute Gasteiger partial charge is 0.378 e. The van der Waals surface area contributed by atoms with Crippen molar-refractivity contribution < 1.29 is 9.53 Å². The molecule has 2 heterocycles. The van der Waals surface area contributed by atoms with Gasteiger partial charge in [0.2, 0.25) is 5.95 Å². The summed E-state index contributed by atoms with van der Waals surface area (Å²) in [5, 5.41) is 4.16. The van der Waals surface area contributed by atoms with Gasteiger partial charge in [0.1, 0.15) is 11.3 Å². The van der Waals surface area contributed by atoms with Crippen molar-refractivity contribution in [1.82, 2.24) is 9.97 Å². The van der Waals surface area contributed by atoms with Crippen LogP contribution in [0.4, 0.5) is 17.3 Å². The molecule has 0 unspecified atom stereocenters. The summed E-state index contributed by atoms with van der Waals surface area (Å²) in [6, 6.07) is 15.7. The molecule has 6 nitrogen and oxygen atoms in total. The number of carbonyl (C=O) groups is 1. The number of rotatable bonds is 6. The highest BCUT2D eigenvalue weighted by atomic mass is 32.2. The smallest absolute Gasteiger partial charge is 0.228 e. The van der Waals surface area contributed by atoms with Crippen LogP contribution in [0.5, 0.6) is 0 Å². The monoisotopic (exact) mass is 406 g/mol. The van der Waals surface area contributed by atoms with Crippen LogP contribution < -0.4 is 10.2 Å². The molecule has 1 aliphatic rings. The summed E-state index contributed by atoms with van der Waals surface area (Å²) in [4.78, 5) is 23.2. The second-order valence-electron chi connectivity index (χ2n) is 6.74. The summed E-state index contributed by atoms with van der Waals surface area (Å²) < 4.78 is 5.41. The van der Waals surface area contributed by atoms with E-state index < -0.39 is 0 Å². The van der Waals surface area contributed by atoms with Gasteiger partial charge in [-0.1, -0.05) is 23.9 Å². The predicted molar refractivity (Wildman–Crippen MR) is 115 cm³/mol. The van der Waals surface area contributed by atoms with E-state index in [1.165, 1.54) is 5.69 Å². The minimum atomic E-state index is 0.557. The molecule has 1 saturated heterocycles.